The molecule has 0 fully saturated rings. The fourth-order valence-electron chi connectivity index (χ4n) is 3.77. The van der Waals surface area contributed by atoms with Crippen molar-refractivity contribution in [2.45, 2.75) is 13.0 Å². The largest absolute Gasteiger partial charge is 0.324 e. The summed E-state index contributed by atoms with van der Waals surface area (Å²) in [7, 11) is 3.46. The molecule has 0 bridgehead atoms. The molecule has 5 rings (SSSR count). The van der Waals surface area contributed by atoms with Gasteiger partial charge in [-0.3, -0.25) is 14.2 Å². The van der Waals surface area contributed by atoms with Gasteiger partial charge in [0.05, 0.1) is 22.8 Å². The molecule has 1 N–H and O–H groups in total. The maximum atomic E-state index is 14.5. The molecule has 3 aromatic heterocycles. The lowest BCUT2D eigenvalue weighted by molar-refractivity contribution is 0.488. The van der Waals surface area contributed by atoms with Crippen LogP contribution in [0.5, 0.6) is 0 Å². The van der Waals surface area contributed by atoms with E-state index in [-0.39, 0.29) is 30.0 Å². The van der Waals surface area contributed by atoms with Gasteiger partial charge in [-0.05, 0) is 18.2 Å². The topological polar surface area (TPSA) is 95.5 Å². The summed E-state index contributed by atoms with van der Waals surface area (Å²) in [5.74, 6) is -3.04. The van der Waals surface area contributed by atoms with Crippen molar-refractivity contribution in [3.8, 4) is 0 Å². The van der Waals surface area contributed by atoms with Crippen molar-refractivity contribution in [3.05, 3.63) is 92.8 Å². The molecular weight excluding hydrogens is 497 g/mol. The van der Waals surface area contributed by atoms with Crippen LogP contribution in [-0.2, 0) is 27.1 Å². The number of nitrogens with one attached hydrogen (secondary N) is 1. The van der Waals surface area contributed by atoms with E-state index in [9.17, 15) is 18.0 Å². The van der Waals surface area contributed by atoms with Crippen molar-refractivity contribution in [2.75, 3.05) is 5.32 Å². The lowest BCUT2D eigenvalue weighted by Crippen LogP contribution is -2.22. The van der Waals surface area contributed by atoms with Gasteiger partial charge >= 0.3 is 0 Å². The lowest BCUT2D eigenvalue weighted by Gasteiger charge is -2.16. The van der Waals surface area contributed by atoms with E-state index in [1.807, 2.05) is 0 Å². The third-order valence-corrected chi connectivity index (χ3v) is 5.76. The van der Waals surface area contributed by atoms with E-state index in [4.69, 9.17) is 11.6 Å². The Balaban J connectivity index is 1.59. The summed E-state index contributed by atoms with van der Waals surface area (Å²) < 4.78 is 46.4. The molecular formula is C23H18ClF3N8O. The number of nitrogens with zero attached hydrogens (tertiary/aromatic N) is 7. The smallest absolute Gasteiger partial charge is 0.278 e. The summed E-state index contributed by atoms with van der Waals surface area (Å²) in [5, 5.41) is 12.6. The maximum absolute atomic E-state index is 14.5. The zero-order valence-corrected chi connectivity index (χ0v) is 19.8. The molecule has 0 saturated heterocycles. The van der Waals surface area contributed by atoms with E-state index in [1.54, 1.807) is 37.1 Å². The van der Waals surface area contributed by atoms with E-state index in [2.05, 4.69) is 25.5 Å². The average Bonchev–Trinajstić information content (AvgIpc) is 3.38. The fraction of sp³-hybridized carbons (Fsp3) is 0.174. The van der Waals surface area contributed by atoms with Gasteiger partial charge in [-0.1, -0.05) is 11.6 Å². The molecule has 0 aliphatic carbocycles. The van der Waals surface area contributed by atoms with Gasteiger partial charge < -0.3 is 9.88 Å². The summed E-state index contributed by atoms with van der Waals surface area (Å²) >= 11 is 6.42. The minimum absolute atomic E-state index is 0.0204. The average molecular weight is 515 g/mol. The number of halogens is 4. The second kappa shape index (κ2) is 9.11. The molecule has 3 heterocycles. The molecule has 0 saturated carbocycles. The molecule has 2 aromatic carbocycles. The molecule has 0 atom stereocenters. The van der Waals surface area contributed by atoms with Crippen LogP contribution in [0.3, 0.4) is 0 Å². The Hall–Kier alpha value is -4.19. The van der Waals surface area contributed by atoms with Gasteiger partial charge in [0.25, 0.3) is 5.56 Å². The fourth-order valence-corrected chi connectivity index (χ4v) is 3.97. The first-order chi connectivity index (χ1) is 17.2. The second-order valence-electron chi connectivity index (χ2n) is 8.21. The molecule has 0 aliphatic heterocycles. The summed E-state index contributed by atoms with van der Waals surface area (Å²) in [4.78, 5) is 21.1. The number of hydrogen-bond donors (Lipinski definition) is 1. The predicted molar refractivity (Wildman–Crippen MR) is 127 cm³/mol. The highest BCUT2D eigenvalue weighted by atomic mass is 35.5. The van der Waals surface area contributed by atoms with E-state index < -0.39 is 23.0 Å². The summed E-state index contributed by atoms with van der Waals surface area (Å²) in [6.45, 7) is -0.256. The molecule has 184 valence electrons. The summed E-state index contributed by atoms with van der Waals surface area (Å²) in [6.07, 6.45) is 4.79. The summed E-state index contributed by atoms with van der Waals surface area (Å²) in [6, 6.07) is 4.61. The minimum atomic E-state index is -1.30. The van der Waals surface area contributed by atoms with Crippen LogP contribution >= 0.6 is 11.6 Å². The van der Waals surface area contributed by atoms with Gasteiger partial charge in [-0.25, -0.2) is 18.2 Å². The van der Waals surface area contributed by atoms with Crippen molar-refractivity contribution in [1.82, 2.24) is 34.1 Å². The van der Waals surface area contributed by atoms with Crippen molar-refractivity contribution >= 4 is 34.1 Å². The molecule has 9 nitrogen and oxygen atoms in total. The van der Waals surface area contributed by atoms with Crippen molar-refractivity contribution in [3.63, 3.8) is 0 Å². The van der Waals surface area contributed by atoms with Crippen LogP contribution < -0.4 is 10.9 Å². The monoisotopic (exact) mass is 514 g/mol. The Bertz CT molecular complexity index is 1680. The van der Waals surface area contributed by atoms with E-state index in [0.717, 1.165) is 11.5 Å². The Labute approximate surface area is 206 Å². The number of benzene rings is 2. The number of fused-ring (bicyclic) bond motifs is 1. The van der Waals surface area contributed by atoms with Gasteiger partial charge in [0.15, 0.2) is 17.5 Å². The van der Waals surface area contributed by atoms with Crippen LogP contribution in [0, 0.1) is 17.5 Å². The zero-order valence-electron chi connectivity index (χ0n) is 19.0. The Morgan fingerprint density at radius 2 is 1.72 bits per heavy atom. The Morgan fingerprint density at radius 3 is 2.47 bits per heavy atom. The van der Waals surface area contributed by atoms with Gasteiger partial charge in [0, 0.05) is 55.5 Å². The van der Waals surface area contributed by atoms with Crippen molar-refractivity contribution in [2.24, 2.45) is 14.1 Å². The highest BCUT2D eigenvalue weighted by Crippen LogP contribution is 2.30. The molecule has 0 spiro atoms. The number of aryl methyl sites for hydroxylation is 2. The highest BCUT2D eigenvalue weighted by molar-refractivity contribution is 6.34. The van der Waals surface area contributed by atoms with Crippen LogP contribution in [0.4, 0.5) is 24.8 Å². The first kappa shape index (κ1) is 23.5. The van der Waals surface area contributed by atoms with Crippen LogP contribution in [-0.4, -0.2) is 34.1 Å². The van der Waals surface area contributed by atoms with Crippen LogP contribution in [0.2, 0.25) is 5.02 Å². The van der Waals surface area contributed by atoms with Gasteiger partial charge in [0.1, 0.15) is 12.1 Å². The normalized spacial score (nSPS) is 11.4. The SMILES string of the molecule is Cn1cnc(Cc2cn(Cc3cc(F)c(F)cc3F)c(Nc3cc4cn(C)nc4cc3Cl)nc2=O)n1. The number of anilines is 2. The highest BCUT2D eigenvalue weighted by Gasteiger charge is 2.17. The summed E-state index contributed by atoms with van der Waals surface area (Å²) in [5.41, 5.74) is 0.607. The Morgan fingerprint density at radius 1 is 0.944 bits per heavy atom. The van der Waals surface area contributed by atoms with Gasteiger partial charge in [0.2, 0.25) is 5.95 Å². The van der Waals surface area contributed by atoms with Crippen LogP contribution in [0.1, 0.15) is 17.0 Å². The third kappa shape index (κ3) is 4.67. The molecule has 0 radical (unpaired) electrons. The van der Waals surface area contributed by atoms with E-state index in [1.165, 1.54) is 21.8 Å². The standard InChI is InChI=1S/C23H18ClF3N8O/c1-33-8-13-4-20(15(24)6-19(13)31-33)29-23-30-22(36)14(5-21-28-11-34(2)32-21)10-35(23)9-12-3-17(26)18(27)7-16(12)25/h3-4,6-8,10-11H,5,9H2,1-2H3,(H,29,30,36). The second-order valence-corrected chi connectivity index (χ2v) is 8.62. The van der Waals surface area contributed by atoms with Gasteiger partial charge in [-0.15, -0.1) is 0 Å². The molecule has 0 aliphatic rings. The van der Waals surface area contributed by atoms with Crippen molar-refractivity contribution < 1.29 is 13.2 Å². The predicted octanol–water partition coefficient (Wildman–Crippen LogP) is 3.71. The van der Waals surface area contributed by atoms with Gasteiger partial charge in [-0.2, -0.15) is 15.2 Å². The lowest BCUT2D eigenvalue weighted by atomic mass is 10.2. The third-order valence-electron chi connectivity index (χ3n) is 5.45. The molecule has 0 amide bonds. The molecule has 13 heteroatoms. The number of hydrogen-bond acceptors (Lipinski definition) is 6. The van der Waals surface area contributed by atoms with Crippen molar-refractivity contribution in [1.29, 1.82) is 0 Å². The Kier molecular flexibility index (Phi) is 5.96. The first-order valence-corrected chi connectivity index (χ1v) is 11.0. The number of aromatic nitrogens is 7. The quantitative estimate of drug-likeness (QED) is 0.347. The molecule has 5 aromatic rings. The molecule has 0 unspecified atom stereocenters. The maximum Gasteiger partial charge on any atom is 0.278 e. The van der Waals surface area contributed by atoms with Crippen LogP contribution in [0.15, 0.2) is 47.8 Å². The van der Waals surface area contributed by atoms with E-state index in [0.29, 0.717) is 28.1 Å². The van der Waals surface area contributed by atoms with E-state index >= 15 is 0 Å². The molecule has 36 heavy (non-hydrogen) atoms. The van der Waals surface area contributed by atoms with Crippen LogP contribution in [0.25, 0.3) is 10.9 Å². The first-order valence-electron chi connectivity index (χ1n) is 10.6. The number of rotatable bonds is 6. The zero-order chi connectivity index (χ0) is 25.6. The minimum Gasteiger partial charge on any atom is -0.324 e.